The molecular weight excluding hydrogens is 422 g/mol. The lowest BCUT2D eigenvalue weighted by molar-refractivity contribution is -0.138. The zero-order chi connectivity index (χ0) is 23.9. The van der Waals surface area contributed by atoms with Crippen LogP contribution in [0, 0.1) is 13.8 Å². The van der Waals surface area contributed by atoms with Gasteiger partial charge in [-0.3, -0.25) is 14.5 Å². The molecule has 0 bridgehead atoms. The second-order valence-corrected chi connectivity index (χ2v) is 8.57. The molecule has 0 radical (unpaired) electrons. The van der Waals surface area contributed by atoms with E-state index >= 15 is 0 Å². The fourth-order valence-corrected chi connectivity index (χ4v) is 4.27. The van der Waals surface area contributed by atoms with Gasteiger partial charge in [-0.1, -0.05) is 18.2 Å². The van der Waals surface area contributed by atoms with Crippen LogP contribution in [0.5, 0.6) is 5.75 Å². The second kappa shape index (κ2) is 8.27. The number of nitrogens with one attached hydrogen (secondary N) is 1. The van der Waals surface area contributed by atoms with Crippen molar-refractivity contribution in [3.63, 3.8) is 0 Å². The number of hydrogen-bond acceptors (Lipinski definition) is 5. The molecule has 172 valence electrons. The highest BCUT2D eigenvalue weighted by molar-refractivity contribution is 6.09. The molecule has 33 heavy (non-hydrogen) atoms. The summed E-state index contributed by atoms with van der Waals surface area (Å²) in [4.78, 5) is 41.1. The Morgan fingerprint density at radius 1 is 1.12 bits per heavy atom. The van der Waals surface area contributed by atoms with Gasteiger partial charge in [-0.25, -0.2) is 4.79 Å². The molecule has 1 saturated heterocycles. The average Bonchev–Trinajstić information content (AvgIpc) is 3.24. The van der Waals surface area contributed by atoms with Crippen LogP contribution >= 0.6 is 0 Å². The number of amides is 4. The average molecular weight is 450 g/mol. The van der Waals surface area contributed by atoms with E-state index in [1.165, 1.54) is 4.90 Å². The van der Waals surface area contributed by atoms with Gasteiger partial charge in [-0.05, 0) is 61.4 Å². The molecule has 3 aromatic rings. The number of rotatable bonds is 6. The Bertz CT molecular complexity index is 1260. The summed E-state index contributed by atoms with van der Waals surface area (Å²) >= 11 is 0. The molecule has 1 atom stereocenters. The molecule has 1 aliphatic heterocycles. The smallest absolute Gasteiger partial charge is 0.325 e. The Labute approximate surface area is 192 Å². The number of urea groups is 1. The second-order valence-electron chi connectivity index (χ2n) is 8.57. The van der Waals surface area contributed by atoms with E-state index in [1.807, 2.05) is 36.4 Å². The number of furan rings is 1. The molecule has 4 rings (SSSR count). The van der Waals surface area contributed by atoms with Crippen LogP contribution in [-0.4, -0.2) is 48.3 Å². The first-order valence-corrected chi connectivity index (χ1v) is 10.6. The molecule has 1 N–H and O–H groups in total. The fraction of sp³-hybridized carbons (Fsp3) is 0.320. The summed E-state index contributed by atoms with van der Waals surface area (Å²) in [6.45, 7) is 5.16. The van der Waals surface area contributed by atoms with Crippen molar-refractivity contribution in [3.05, 3.63) is 65.1 Å². The van der Waals surface area contributed by atoms with E-state index in [1.54, 1.807) is 41.0 Å². The molecule has 0 spiro atoms. The third-order valence-electron chi connectivity index (χ3n) is 6.11. The molecular formula is C25H27N3O5. The minimum absolute atomic E-state index is 0.335. The Morgan fingerprint density at radius 2 is 1.82 bits per heavy atom. The molecule has 8 nitrogen and oxygen atoms in total. The van der Waals surface area contributed by atoms with Crippen molar-refractivity contribution in [1.29, 1.82) is 0 Å². The number of likely N-dealkylation sites (N-methyl/N-ethyl adjacent to an activating group) is 1. The number of ether oxygens (including phenoxy) is 1. The van der Waals surface area contributed by atoms with Crippen LogP contribution in [0.1, 0.15) is 29.6 Å². The maximum Gasteiger partial charge on any atom is 0.325 e. The van der Waals surface area contributed by atoms with Gasteiger partial charge in [0.2, 0.25) is 5.91 Å². The quantitative estimate of drug-likeness (QED) is 0.582. The van der Waals surface area contributed by atoms with E-state index in [9.17, 15) is 14.4 Å². The van der Waals surface area contributed by atoms with Crippen molar-refractivity contribution in [2.75, 3.05) is 20.7 Å². The Hall–Kier alpha value is -3.81. The molecule has 1 unspecified atom stereocenters. The van der Waals surface area contributed by atoms with Crippen LogP contribution in [0.15, 0.2) is 46.9 Å². The molecule has 2 aromatic carbocycles. The van der Waals surface area contributed by atoms with Crippen LogP contribution in [0.2, 0.25) is 0 Å². The van der Waals surface area contributed by atoms with E-state index < -0.39 is 17.5 Å². The van der Waals surface area contributed by atoms with Gasteiger partial charge in [-0.15, -0.1) is 0 Å². The number of imide groups is 1. The maximum absolute atomic E-state index is 13.1. The number of benzene rings is 2. The van der Waals surface area contributed by atoms with Crippen LogP contribution in [0.4, 0.5) is 4.79 Å². The van der Waals surface area contributed by atoms with Crippen molar-refractivity contribution in [2.24, 2.45) is 0 Å². The van der Waals surface area contributed by atoms with E-state index in [2.05, 4.69) is 5.32 Å². The summed E-state index contributed by atoms with van der Waals surface area (Å²) in [6.07, 6.45) is 0. The monoisotopic (exact) mass is 449 g/mol. The van der Waals surface area contributed by atoms with E-state index in [0.29, 0.717) is 23.6 Å². The predicted octanol–water partition coefficient (Wildman–Crippen LogP) is 3.48. The lowest BCUT2D eigenvalue weighted by Crippen LogP contribution is -2.43. The van der Waals surface area contributed by atoms with Crippen LogP contribution in [0.25, 0.3) is 10.8 Å². The van der Waals surface area contributed by atoms with Crippen molar-refractivity contribution in [2.45, 2.75) is 32.9 Å². The SMILES string of the molecule is COc1ccc2cc(CN(C)C(=O)CN3C(=O)NC(C)(c4cc(C)oc4C)C3=O)ccc2c1. The molecule has 1 aliphatic rings. The summed E-state index contributed by atoms with van der Waals surface area (Å²) in [5.74, 6) is 1.18. The summed E-state index contributed by atoms with van der Waals surface area (Å²) in [6, 6.07) is 12.9. The van der Waals surface area contributed by atoms with Crippen LogP contribution in [-0.2, 0) is 21.7 Å². The number of aryl methyl sites for hydroxylation is 2. The number of carbonyl (C=O) groups is 3. The van der Waals surface area contributed by atoms with Crippen molar-refractivity contribution in [1.82, 2.24) is 15.1 Å². The zero-order valence-electron chi connectivity index (χ0n) is 19.4. The zero-order valence-corrected chi connectivity index (χ0v) is 19.4. The molecule has 8 heteroatoms. The van der Waals surface area contributed by atoms with Crippen LogP contribution < -0.4 is 10.1 Å². The molecule has 1 fully saturated rings. The Morgan fingerprint density at radius 3 is 2.48 bits per heavy atom. The van der Waals surface area contributed by atoms with Gasteiger partial charge in [-0.2, -0.15) is 0 Å². The first-order chi connectivity index (χ1) is 15.6. The minimum atomic E-state index is -1.27. The van der Waals surface area contributed by atoms with Gasteiger partial charge in [0.05, 0.1) is 7.11 Å². The lowest BCUT2D eigenvalue weighted by atomic mass is 9.92. The largest absolute Gasteiger partial charge is 0.497 e. The van der Waals surface area contributed by atoms with E-state index in [4.69, 9.17) is 9.15 Å². The van der Waals surface area contributed by atoms with Gasteiger partial charge >= 0.3 is 6.03 Å². The lowest BCUT2D eigenvalue weighted by Gasteiger charge is -2.23. The highest BCUT2D eigenvalue weighted by Crippen LogP contribution is 2.33. The maximum atomic E-state index is 13.1. The number of carbonyl (C=O) groups excluding carboxylic acids is 3. The van der Waals surface area contributed by atoms with E-state index in [0.717, 1.165) is 27.0 Å². The first kappa shape index (κ1) is 22.4. The summed E-state index contributed by atoms with van der Waals surface area (Å²) in [5, 5.41) is 4.79. The van der Waals surface area contributed by atoms with Crippen LogP contribution in [0.3, 0.4) is 0 Å². The first-order valence-electron chi connectivity index (χ1n) is 10.6. The summed E-state index contributed by atoms with van der Waals surface area (Å²) in [5.41, 5.74) is 0.265. The van der Waals surface area contributed by atoms with Gasteiger partial charge < -0.3 is 19.4 Å². The number of hydrogen-bond donors (Lipinski definition) is 1. The van der Waals surface area contributed by atoms with Crippen molar-refractivity contribution < 1.29 is 23.5 Å². The molecule has 2 heterocycles. The van der Waals surface area contributed by atoms with Gasteiger partial charge in [0.15, 0.2) is 0 Å². The third-order valence-corrected chi connectivity index (χ3v) is 6.11. The van der Waals surface area contributed by atoms with Crippen molar-refractivity contribution >= 4 is 28.6 Å². The molecule has 0 saturated carbocycles. The summed E-state index contributed by atoms with van der Waals surface area (Å²) in [7, 11) is 3.28. The van der Waals surface area contributed by atoms with E-state index in [-0.39, 0.29) is 12.5 Å². The number of methoxy groups -OCH3 is 1. The molecule has 0 aliphatic carbocycles. The number of fused-ring (bicyclic) bond motifs is 1. The number of nitrogens with zero attached hydrogens (tertiary/aromatic N) is 2. The van der Waals surface area contributed by atoms with Crippen molar-refractivity contribution in [3.8, 4) is 5.75 Å². The minimum Gasteiger partial charge on any atom is -0.497 e. The Kier molecular flexibility index (Phi) is 5.61. The molecule has 1 aromatic heterocycles. The highest BCUT2D eigenvalue weighted by atomic mass is 16.5. The highest BCUT2D eigenvalue weighted by Gasteiger charge is 2.51. The predicted molar refractivity (Wildman–Crippen MR) is 123 cm³/mol. The third kappa shape index (κ3) is 4.04. The van der Waals surface area contributed by atoms with Gasteiger partial charge in [0, 0.05) is 19.2 Å². The normalized spacial score (nSPS) is 18.0. The van der Waals surface area contributed by atoms with Gasteiger partial charge in [0.1, 0.15) is 29.4 Å². The Balaban J connectivity index is 1.46. The standard InChI is InChI=1S/C25H27N3O5/c1-15-10-21(16(2)33-15)25(3)23(30)28(24(31)26-25)14-22(29)27(4)13-17-6-7-19-12-20(32-5)9-8-18(19)11-17/h6-12H,13-14H2,1-5H3,(H,26,31). The fourth-order valence-electron chi connectivity index (χ4n) is 4.27. The molecule has 4 amide bonds. The topological polar surface area (TPSA) is 92.1 Å². The summed E-state index contributed by atoms with van der Waals surface area (Å²) < 4.78 is 10.8. The van der Waals surface area contributed by atoms with Gasteiger partial charge in [0.25, 0.3) is 5.91 Å².